The molecule has 1 amide bonds. The minimum absolute atomic E-state index is 0.202. The Balaban J connectivity index is 1.53. The Labute approximate surface area is 196 Å². The number of nitrogens with zero attached hydrogens (tertiary/aromatic N) is 3. The van der Waals surface area contributed by atoms with Crippen molar-refractivity contribution < 1.29 is 13.6 Å². The lowest BCUT2D eigenvalue weighted by molar-refractivity contribution is -0.115. The zero-order chi connectivity index (χ0) is 23.5. The molecule has 0 saturated heterocycles. The highest BCUT2D eigenvalue weighted by Crippen LogP contribution is 2.28. The van der Waals surface area contributed by atoms with Crippen LogP contribution in [0.3, 0.4) is 0 Å². The van der Waals surface area contributed by atoms with E-state index in [1.165, 1.54) is 22.0 Å². The van der Waals surface area contributed by atoms with Crippen molar-refractivity contribution in [1.82, 2.24) is 14.5 Å². The predicted octanol–water partition coefficient (Wildman–Crippen LogP) is 5.10. The average Bonchev–Trinajstić information content (AvgIpc) is 3.26. The summed E-state index contributed by atoms with van der Waals surface area (Å²) in [6, 6.07) is 10.5. The Hall–Kier alpha value is -3.37. The number of thiazole rings is 1. The molecule has 0 aliphatic carbocycles. The van der Waals surface area contributed by atoms with Gasteiger partial charge in [-0.05, 0) is 37.3 Å². The van der Waals surface area contributed by atoms with Crippen molar-refractivity contribution in [2.45, 2.75) is 23.9 Å². The number of allylic oxidation sites excluding steroid dienone is 1. The maximum Gasteiger partial charge on any atom is 0.262 e. The molecule has 6 nitrogen and oxygen atoms in total. The Kier molecular flexibility index (Phi) is 6.66. The molecule has 0 spiro atoms. The van der Waals surface area contributed by atoms with Gasteiger partial charge in [-0.3, -0.25) is 14.2 Å². The number of benzene rings is 2. The Morgan fingerprint density at radius 2 is 2.03 bits per heavy atom. The van der Waals surface area contributed by atoms with Gasteiger partial charge in [0.25, 0.3) is 5.56 Å². The largest absolute Gasteiger partial charge is 0.301 e. The first-order chi connectivity index (χ1) is 15.9. The van der Waals surface area contributed by atoms with Crippen molar-refractivity contribution in [2.75, 3.05) is 5.32 Å². The number of fused-ring (bicyclic) bond motifs is 1. The summed E-state index contributed by atoms with van der Waals surface area (Å²) in [6.45, 7) is 5.66. The lowest BCUT2D eigenvalue weighted by Crippen LogP contribution is -2.26. The second-order valence-electron chi connectivity index (χ2n) is 7.03. The quantitative estimate of drug-likeness (QED) is 0.224. The molecule has 0 bridgehead atoms. The van der Waals surface area contributed by atoms with Gasteiger partial charge < -0.3 is 5.32 Å². The van der Waals surface area contributed by atoms with Gasteiger partial charge in [-0.25, -0.2) is 18.7 Å². The molecule has 4 rings (SSSR count). The minimum Gasteiger partial charge on any atom is -0.301 e. The van der Waals surface area contributed by atoms with Crippen LogP contribution in [0.1, 0.15) is 6.92 Å². The van der Waals surface area contributed by atoms with Crippen LogP contribution in [-0.2, 0) is 11.3 Å². The van der Waals surface area contributed by atoms with Gasteiger partial charge in [-0.2, -0.15) is 0 Å². The second kappa shape index (κ2) is 9.63. The highest BCUT2D eigenvalue weighted by Gasteiger charge is 2.20. The summed E-state index contributed by atoms with van der Waals surface area (Å²) in [6.07, 6.45) is 1.60. The Bertz CT molecular complexity index is 1420. The lowest BCUT2D eigenvalue weighted by Gasteiger charge is -2.15. The average molecular weight is 485 g/mol. The summed E-state index contributed by atoms with van der Waals surface area (Å²) in [4.78, 5) is 34.5. The molecule has 0 aliphatic heterocycles. The van der Waals surface area contributed by atoms with Gasteiger partial charge in [0.05, 0.1) is 21.8 Å². The molecule has 2 heterocycles. The van der Waals surface area contributed by atoms with Gasteiger partial charge in [0.1, 0.15) is 0 Å². The smallest absolute Gasteiger partial charge is 0.262 e. The van der Waals surface area contributed by atoms with E-state index in [2.05, 4.69) is 21.9 Å². The van der Waals surface area contributed by atoms with E-state index in [9.17, 15) is 18.4 Å². The summed E-state index contributed by atoms with van der Waals surface area (Å²) < 4.78 is 28.1. The first-order valence-corrected chi connectivity index (χ1v) is 11.6. The fourth-order valence-electron chi connectivity index (χ4n) is 3.07. The van der Waals surface area contributed by atoms with Gasteiger partial charge in [0, 0.05) is 17.5 Å². The van der Waals surface area contributed by atoms with Crippen molar-refractivity contribution in [3.8, 4) is 11.3 Å². The van der Waals surface area contributed by atoms with Gasteiger partial charge >= 0.3 is 0 Å². The van der Waals surface area contributed by atoms with Crippen LogP contribution in [0.2, 0.25) is 0 Å². The van der Waals surface area contributed by atoms with Gasteiger partial charge in [-0.15, -0.1) is 17.9 Å². The molecule has 4 aromatic rings. The predicted molar refractivity (Wildman–Crippen MR) is 128 cm³/mol. The summed E-state index contributed by atoms with van der Waals surface area (Å²) >= 11 is 2.32. The van der Waals surface area contributed by atoms with E-state index < -0.39 is 16.9 Å². The number of anilines is 1. The summed E-state index contributed by atoms with van der Waals surface area (Å²) in [7, 11) is 0. The number of amides is 1. The molecule has 2 aromatic heterocycles. The Morgan fingerprint density at radius 1 is 1.24 bits per heavy atom. The third-order valence-corrected chi connectivity index (χ3v) is 6.59. The van der Waals surface area contributed by atoms with E-state index in [0.29, 0.717) is 32.4 Å². The number of carbonyl (C=O) groups excluding carboxylic acids is 1. The summed E-state index contributed by atoms with van der Waals surface area (Å²) in [5.41, 5.74) is 1.17. The number of aromatic nitrogens is 3. The molecule has 10 heteroatoms. The van der Waals surface area contributed by atoms with Crippen molar-refractivity contribution in [2.24, 2.45) is 0 Å². The van der Waals surface area contributed by atoms with Crippen molar-refractivity contribution >= 4 is 45.0 Å². The van der Waals surface area contributed by atoms with Crippen LogP contribution in [-0.4, -0.2) is 25.7 Å². The number of rotatable bonds is 7. The van der Waals surface area contributed by atoms with E-state index in [1.807, 2.05) is 0 Å². The van der Waals surface area contributed by atoms with Crippen LogP contribution < -0.4 is 10.9 Å². The first-order valence-electron chi connectivity index (χ1n) is 9.86. The molecule has 1 atom stereocenters. The van der Waals surface area contributed by atoms with Gasteiger partial charge in [0.15, 0.2) is 21.9 Å². The molecule has 1 N–H and O–H groups in total. The van der Waals surface area contributed by atoms with Crippen LogP contribution in [0.5, 0.6) is 0 Å². The second-order valence-corrected chi connectivity index (χ2v) is 9.20. The molecule has 0 saturated carbocycles. The number of hydrogen-bond acceptors (Lipinski definition) is 6. The highest BCUT2D eigenvalue weighted by atomic mass is 32.2. The van der Waals surface area contributed by atoms with Crippen LogP contribution >= 0.6 is 23.1 Å². The number of para-hydroxylation sites is 1. The zero-order valence-electron chi connectivity index (χ0n) is 17.4. The van der Waals surface area contributed by atoms with E-state index >= 15 is 0 Å². The van der Waals surface area contributed by atoms with E-state index in [1.54, 1.807) is 42.6 Å². The number of halogens is 2. The van der Waals surface area contributed by atoms with E-state index in [4.69, 9.17) is 0 Å². The molecule has 2 aromatic carbocycles. The Morgan fingerprint density at radius 3 is 2.79 bits per heavy atom. The van der Waals surface area contributed by atoms with Crippen LogP contribution in [0.15, 0.2) is 70.5 Å². The molecule has 0 aliphatic rings. The maximum atomic E-state index is 13.5. The zero-order valence-corrected chi connectivity index (χ0v) is 19.1. The first kappa shape index (κ1) is 22.8. The summed E-state index contributed by atoms with van der Waals surface area (Å²) in [5.74, 6) is -2.24. The SMILES string of the molecule is C=CCn1c(S[C@@H](C)C(=O)Nc2nc(-c3ccc(F)c(F)c3)cs2)nc2ccccc2c1=O. The van der Waals surface area contributed by atoms with Crippen LogP contribution in [0.25, 0.3) is 22.2 Å². The fourth-order valence-corrected chi connectivity index (χ4v) is 4.71. The lowest BCUT2D eigenvalue weighted by atomic mass is 10.2. The number of nitrogens with one attached hydrogen (secondary N) is 1. The van der Waals surface area contributed by atoms with Crippen molar-refractivity contribution in [1.29, 1.82) is 0 Å². The molecular formula is C23H18F2N4O2S2. The minimum atomic E-state index is -0.968. The standard InChI is InChI=1S/C23H18F2N4O2S2/c1-3-10-29-21(31)15-6-4-5-7-18(15)27-23(29)33-13(2)20(30)28-22-26-19(12-32-22)14-8-9-16(24)17(25)11-14/h3-9,11-13H,1,10H2,2H3,(H,26,28,30)/t13-/m0/s1. The van der Waals surface area contributed by atoms with Gasteiger partial charge in [-0.1, -0.05) is 30.0 Å². The van der Waals surface area contributed by atoms with Crippen molar-refractivity contribution in [3.05, 3.63) is 82.5 Å². The molecule has 0 fully saturated rings. The third-order valence-electron chi connectivity index (χ3n) is 4.74. The highest BCUT2D eigenvalue weighted by molar-refractivity contribution is 8.00. The third kappa shape index (κ3) is 4.86. The van der Waals surface area contributed by atoms with Crippen LogP contribution in [0, 0.1) is 11.6 Å². The fraction of sp³-hybridized carbons (Fsp3) is 0.130. The van der Waals surface area contributed by atoms with Gasteiger partial charge in [0.2, 0.25) is 5.91 Å². The maximum absolute atomic E-state index is 13.5. The normalized spacial score (nSPS) is 12.0. The topological polar surface area (TPSA) is 76.9 Å². The summed E-state index contributed by atoms with van der Waals surface area (Å²) in [5, 5.41) is 5.00. The van der Waals surface area contributed by atoms with Crippen molar-refractivity contribution in [3.63, 3.8) is 0 Å². The monoisotopic (exact) mass is 484 g/mol. The van der Waals surface area contributed by atoms with E-state index in [0.717, 1.165) is 23.9 Å². The van der Waals surface area contributed by atoms with Crippen LogP contribution in [0.4, 0.5) is 13.9 Å². The molecule has 0 radical (unpaired) electrons. The number of carbonyl (C=O) groups is 1. The number of thioether (sulfide) groups is 1. The van der Waals surface area contributed by atoms with E-state index in [-0.39, 0.29) is 18.0 Å². The molecule has 0 unspecified atom stereocenters. The molecule has 33 heavy (non-hydrogen) atoms. The molecule has 168 valence electrons. The number of hydrogen-bond donors (Lipinski definition) is 1. The molecular weight excluding hydrogens is 466 g/mol.